The molecule has 36 heavy (non-hydrogen) atoms. The van der Waals surface area contributed by atoms with Crippen molar-refractivity contribution in [2.75, 3.05) is 45.4 Å². The van der Waals surface area contributed by atoms with Gasteiger partial charge in [-0.1, -0.05) is 36.8 Å². The van der Waals surface area contributed by atoms with Gasteiger partial charge in [-0.05, 0) is 56.0 Å². The molecule has 2 aromatic carbocycles. The number of ether oxygens (including phenoxy) is 2. The van der Waals surface area contributed by atoms with Crippen LogP contribution in [0.25, 0.3) is 0 Å². The molecule has 1 fully saturated rings. The molecule has 2 aliphatic rings. The number of benzene rings is 2. The molecule has 0 aromatic heterocycles. The van der Waals surface area contributed by atoms with Crippen LogP contribution in [0.1, 0.15) is 48.5 Å². The van der Waals surface area contributed by atoms with Crippen molar-refractivity contribution in [2.45, 2.75) is 54.3 Å². The molecule has 0 bridgehead atoms. The molecular weight excluding hydrogens is 472 g/mol. The first-order valence-corrected chi connectivity index (χ1v) is 13.7. The van der Waals surface area contributed by atoms with E-state index < -0.39 is 0 Å². The molecule has 8 heteroatoms. The van der Waals surface area contributed by atoms with Crippen LogP contribution in [0, 0.1) is 5.41 Å². The second-order valence-electron chi connectivity index (χ2n) is 9.59. The van der Waals surface area contributed by atoms with Crippen LogP contribution >= 0.6 is 11.8 Å². The number of carbonyl (C=O) groups is 1. The summed E-state index contributed by atoms with van der Waals surface area (Å²) >= 11 is 1.58. The molecule has 1 saturated heterocycles. The van der Waals surface area contributed by atoms with E-state index in [1.807, 2.05) is 47.4 Å². The van der Waals surface area contributed by atoms with E-state index in [2.05, 4.69) is 11.0 Å². The van der Waals surface area contributed by atoms with Crippen molar-refractivity contribution in [1.29, 1.82) is 5.41 Å². The number of amidine groups is 1. The molecule has 194 valence electrons. The van der Waals surface area contributed by atoms with E-state index in [4.69, 9.17) is 20.6 Å². The molecule has 7 nitrogen and oxygen atoms in total. The van der Waals surface area contributed by atoms with Gasteiger partial charge in [0.25, 0.3) is 0 Å². The molecule has 0 spiro atoms. The number of unbranched alkanes of at least 4 members (excludes halogenated alkanes) is 2. The molecule has 3 unspecified atom stereocenters. The van der Waals surface area contributed by atoms with Crippen molar-refractivity contribution in [3.63, 3.8) is 0 Å². The molecule has 0 radical (unpaired) electrons. The molecule has 3 N–H and O–H groups in total. The molecule has 4 rings (SSSR count). The van der Waals surface area contributed by atoms with Gasteiger partial charge in [-0.25, -0.2) is 0 Å². The van der Waals surface area contributed by atoms with Gasteiger partial charge in [0.15, 0.2) is 0 Å². The lowest BCUT2D eigenvalue weighted by Crippen LogP contribution is -2.41. The Morgan fingerprint density at radius 1 is 1.00 bits per heavy atom. The Morgan fingerprint density at radius 3 is 2.39 bits per heavy atom. The maximum absolute atomic E-state index is 13.7. The Labute approximate surface area is 218 Å². The average Bonchev–Trinajstić information content (AvgIpc) is 3.26. The van der Waals surface area contributed by atoms with Crippen LogP contribution in [0.15, 0.2) is 53.4 Å². The topological polar surface area (TPSA) is 91.9 Å². The first-order valence-electron chi connectivity index (χ1n) is 12.8. The number of thioether (sulfide) groups is 1. The number of para-hydroxylation sites is 1. The van der Waals surface area contributed by atoms with Gasteiger partial charge in [-0.3, -0.25) is 15.1 Å². The maximum atomic E-state index is 13.7. The summed E-state index contributed by atoms with van der Waals surface area (Å²) in [4.78, 5) is 19.3. The fraction of sp³-hybridized carbons (Fsp3) is 0.500. The zero-order valence-corrected chi connectivity index (χ0v) is 22.1. The minimum absolute atomic E-state index is 0.0147. The second kappa shape index (κ2) is 12.7. The highest BCUT2D eigenvalue weighted by Crippen LogP contribution is 2.46. The lowest BCUT2D eigenvalue weighted by molar-refractivity contribution is -0.118. The zero-order valence-electron chi connectivity index (χ0n) is 21.3. The number of hydrogen-bond acceptors (Lipinski definition) is 6. The van der Waals surface area contributed by atoms with Gasteiger partial charge in [0.05, 0.1) is 18.9 Å². The Balaban J connectivity index is 1.39. The number of likely N-dealkylation sites (tertiary alicyclic amines) is 1. The average molecular weight is 511 g/mol. The molecule has 0 aliphatic carbocycles. The van der Waals surface area contributed by atoms with Crippen LogP contribution in [-0.2, 0) is 14.3 Å². The number of nitrogen functional groups attached to an aromatic ring is 1. The number of rotatable bonds is 12. The molecule has 0 saturated carbocycles. The molecule has 2 aliphatic heterocycles. The third-order valence-corrected chi connectivity index (χ3v) is 8.49. The van der Waals surface area contributed by atoms with Crippen LogP contribution < -0.4 is 10.6 Å². The van der Waals surface area contributed by atoms with Gasteiger partial charge in [0.1, 0.15) is 11.1 Å². The first kappa shape index (κ1) is 26.7. The van der Waals surface area contributed by atoms with Crippen LogP contribution in [0.4, 0.5) is 5.69 Å². The van der Waals surface area contributed by atoms with E-state index in [1.54, 1.807) is 26.0 Å². The van der Waals surface area contributed by atoms with Crippen molar-refractivity contribution in [3.05, 3.63) is 59.7 Å². The SMILES string of the molecule is COCC1CCC(COC)N1CCCCCN1C(=O)C(c2cccc(C(=N)N)c2)Sc2ccccc21. The predicted molar refractivity (Wildman–Crippen MR) is 146 cm³/mol. The third-order valence-electron chi connectivity index (χ3n) is 7.18. The smallest absolute Gasteiger partial charge is 0.245 e. The van der Waals surface area contributed by atoms with Crippen LogP contribution in [-0.4, -0.2) is 69.2 Å². The maximum Gasteiger partial charge on any atom is 0.245 e. The van der Waals surface area contributed by atoms with Crippen molar-refractivity contribution < 1.29 is 14.3 Å². The summed E-state index contributed by atoms with van der Waals surface area (Å²) < 4.78 is 10.9. The van der Waals surface area contributed by atoms with Crippen LogP contribution in [0.3, 0.4) is 0 Å². The van der Waals surface area contributed by atoms with E-state index in [0.29, 0.717) is 24.2 Å². The van der Waals surface area contributed by atoms with Gasteiger partial charge >= 0.3 is 0 Å². The summed E-state index contributed by atoms with van der Waals surface area (Å²) in [7, 11) is 3.55. The van der Waals surface area contributed by atoms with Gasteiger partial charge in [-0.15, -0.1) is 11.8 Å². The number of carbonyl (C=O) groups excluding carboxylic acids is 1. The molecule has 1 amide bonds. The third kappa shape index (κ3) is 6.11. The summed E-state index contributed by atoms with van der Waals surface area (Å²) in [5.41, 5.74) is 8.23. The number of nitrogens with zero attached hydrogens (tertiary/aromatic N) is 2. The molecule has 2 heterocycles. The van der Waals surface area contributed by atoms with Crippen LogP contribution in [0.2, 0.25) is 0 Å². The second-order valence-corrected chi connectivity index (χ2v) is 10.7. The molecule has 2 aromatic rings. The first-order chi connectivity index (χ1) is 17.5. The summed E-state index contributed by atoms with van der Waals surface area (Å²) in [5, 5.41) is 7.44. The Morgan fingerprint density at radius 2 is 1.69 bits per heavy atom. The molecular formula is C28H38N4O3S. The highest BCUT2D eigenvalue weighted by molar-refractivity contribution is 8.00. The van der Waals surface area contributed by atoms with Crippen molar-refractivity contribution in [1.82, 2.24) is 4.90 Å². The summed E-state index contributed by atoms with van der Waals surface area (Å²) in [6.45, 7) is 3.26. The number of fused-ring (bicyclic) bond motifs is 1. The van der Waals surface area contributed by atoms with E-state index in [-0.39, 0.29) is 17.0 Å². The number of nitrogens with two attached hydrogens (primary N) is 1. The van der Waals surface area contributed by atoms with Crippen molar-refractivity contribution in [3.8, 4) is 0 Å². The van der Waals surface area contributed by atoms with Crippen molar-refractivity contribution >= 4 is 29.2 Å². The Hall–Kier alpha value is -2.39. The monoisotopic (exact) mass is 510 g/mol. The van der Waals surface area contributed by atoms with Gasteiger partial charge in [0.2, 0.25) is 5.91 Å². The summed E-state index contributed by atoms with van der Waals surface area (Å²) in [5.74, 6) is 0.111. The van der Waals surface area contributed by atoms with E-state index in [0.717, 1.165) is 68.0 Å². The predicted octanol–water partition coefficient (Wildman–Crippen LogP) is 4.45. The number of hydrogen-bond donors (Lipinski definition) is 2. The molecule has 3 atom stereocenters. The van der Waals surface area contributed by atoms with E-state index in [1.165, 1.54) is 0 Å². The number of anilines is 1. The zero-order chi connectivity index (χ0) is 25.5. The van der Waals surface area contributed by atoms with E-state index in [9.17, 15) is 4.79 Å². The minimum Gasteiger partial charge on any atom is -0.384 e. The minimum atomic E-state index is -0.339. The fourth-order valence-electron chi connectivity index (χ4n) is 5.39. The number of amides is 1. The lowest BCUT2D eigenvalue weighted by Gasteiger charge is -2.34. The number of nitrogens with one attached hydrogen (secondary N) is 1. The Kier molecular flexibility index (Phi) is 9.42. The van der Waals surface area contributed by atoms with Gasteiger partial charge < -0.3 is 20.1 Å². The van der Waals surface area contributed by atoms with Gasteiger partial charge in [-0.2, -0.15) is 0 Å². The van der Waals surface area contributed by atoms with Crippen LogP contribution in [0.5, 0.6) is 0 Å². The number of methoxy groups -OCH3 is 2. The van der Waals surface area contributed by atoms with Gasteiger partial charge in [0, 0.05) is 43.3 Å². The lowest BCUT2D eigenvalue weighted by atomic mass is 10.1. The van der Waals surface area contributed by atoms with E-state index >= 15 is 0 Å². The normalized spacial score (nSPS) is 22.1. The highest BCUT2D eigenvalue weighted by Gasteiger charge is 2.35. The highest BCUT2D eigenvalue weighted by atomic mass is 32.2. The van der Waals surface area contributed by atoms with Crippen molar-refractivity contribution in [2.24, 2.45) is 5.73 Å². The summed E-state index contributed by atoms with van der Waals surface area (Å²) in [6, 6.07) is 16.6. The largest absolute Gasteiger partial charge is 0.384 e. The standard InChI is InChI=1S/C28H38N4O3S/c1-34-18-22-13-14-23(19-35-2)31(22)15-6-3-7-16-32-24-11-4-5-12-25(24)36-26(28(32)33)20-9-8-10-21(17-20)27(29)30/h4-5,8-12,17,22-23,26H,3,6-7,13-16,18-19H2,1-2H3,(H3,29,30). The quantitative estimate of drug-likeness (QED) is 0.249. The summed E-state index contributed by atoms with van der Waals surface area (Å²) in [6.07, 6.45) is 5.40. The fourth-order valence-corrected chi connectivity index (χ4v) is 6.61. The Bertz CT molecular complexity index is 1030.